The third kappa shape index (κ3) is 4.30. The van der Waals surface area contributed by atoms with Gasteiger partial charge in [-0.3, -0.25) is 10.2 Å². The highest BCUT2D eigenvalue weighted by Crippen LogP contribution is 2.37. The van der Waals surface area contributed by atoms with Crippen LogP contribution < -0.4 is 14.4 Å². The van der Waals surface area contributed by atoms with E-state index in [4.69, 9.17) is 20.1 Å². The maximum atomic E-state index is 12.6. The molecule has 3 rings (SSSR count). The van der Waals surface area contributed by atoms with Gasteiger partial charge in [-0.15, -0.1) is 11.3 Å². The van der Waals surface area contributed by atoms with Gasteiger partial charge >= 0.3 is 0 Å². The van der Waals surface area contributed by atoms with Crippen molar-refractivity contribution in [3.8, 4) is 17.6 Å². The fraction of sp³-hybridized carbons (Fsp3) is 0.222. The Morgan fingerprint density at radius 3 is 2.96 bits per heavy atom. The molecule has 1 fully saturated rings. The number of methoxy groups -OCH3 is 1. The number of hydrogen-bond donors (Lipinski definition) is 1. The van der Waals surface area contributed by atoms with E-state index in [2.05, 4.69) is 11.1 Å². The normalized spacial score (nSPS) is 15.3. The fourth-order valence-corrected chi connectivity index (χ4v) is 3.91. The molecule has 0 saturated carbocycles. The van der Waals surface area contributed by atoms with E-state index in [-0.39, 0.29) is 11.1 Å². The van der Waals surface area contributed by atoms with E-state index < -0.39 is 0 Å². The lowest BCUT2D eigenvalue weighted by Gasteiger charge is -2.11. The van der Waals surface area contributed by atoms with Crippen LogP contribution in [0.5, 0.6) is 11.5 Å². The molecular weight excluding hydrogens is 384 g/mol. The van der Waals surface area contributed by atoms with Crippen LogP contribution in [0.15, 0.2) is 34.7 Å². The van der Waals surface area contributed by atoms with Crippen molar-refractivity contribution in [1.29, 1.82) is 10.7 Å². The first-order valence-electron chi connectivity index (χ1n) is 8.04. The van der Waals surface area contributed by atoms with E-state index in [9.17, 15) is 4.79 Å². The largest absolute Gasteiger partial charge is 0.493 e. The zero-order chi connectivity index (χ0) is 19.2. The molecule has 0 bridgehead atoms. The monoisotopic (exact) mass is 400 g/mol. The third-order valence-corrected chi connectivity index (χ3v) is 5.26. The van der Waals surface area contributed by atoms with Crippen molar-refractivity contribution in [2.75, 3.05) is 18.6 Å². The average molecular weight is 400 g/mol. The van der Waals surface area contributed by atoms with Crippen molar-refractivity contribution in [2.45, 2.75) is 12.8 Å². The quantitative estimate of drug-likeness (QED) is 0.559. The highest BCUT2D eigenvalue weighted by Gasteiger charge is 2.35. The van der Waals surface area contributed by atoms with Crippen LogP contribution in [0.25, 0.3) is 6.08 Å². The molecule has 0 radical (unpaired) electrons. The summed E-state index contributed by atoms with van der Waals surface area (Å²) in [6, 6.07) is 7.44. The second-order valence-corrected chi connectivity index (χ2v) is 7.30. The molecule has 0 spiro atoms. The molecule has 7 nitrogen and oxygen atoms in total. The first kappa shape index (κ1) is 18.9. The van der Waals surface area contributed by atoms with Gasteiger partial charge in [-0.2, -0.15) is 5.26 Å². The van der Waals surface area contributed by atoms with Gasteiger partial charge in [0, 0.05) is 18.0 Å². The number of aromatic nitrogens is 1. The van der Waals surface area contributed by atoms with Crippen molar-refractivity contribution < 1.29 is 14.3 Å². The number of ether oxygens (including phenoxy) is 2. The number of benzene rings is 1. The van der Waals surface area contributed by atoms with Gasteiger partial charge in [0.15, 0.2) is 21.8 Å². The van der Waals surface area contributed by atoms with Crippen LogP contribution in [-0.2, 0) is 4.79 Å². The SMILES string of the molecule is COc1cc(/C=C2\SC(=N)N(c3nccs3)C2=O)ccc1OCCCC#N. The van der Waals surface area contributed by atoms with Gasteiger partial charge in [0.1, 0.15) is 0 Å². The van der Waals surface area contributed by atoms with Crippen molar-refractivity contribution >= 4 is 45.4 Å². The molecule has 27 heavy (non-hydrogen) atoms. The molecule has 2 aromatic rings. The number of carbonyl (C=O) groups is 1. The Labute approximate surface area is 164 Å². The molecule has 1 aromatic heterocycles. The highest BCUT2D eigenvalue weighted by atomic mass is 32.2. The number of thioether (sulfide) groups is 1. The number of hydrogen-bond acceptors (Lipinski definition) is 8. The van der Waals surface area contributed by atoms with Crippen molar-refractivity contribution in [3.63, 3.8) is 0 Å². The number of carbonyl (C=O) groups excluding carboxylic acids is 1. The predicted octanol–water partition coefficient (Wildman–Crippen LogP) is 3.89. The summed E-state index contributed by atoms with van der Waals surface area (Å²) in [5.74, 6) is 0.861. The smallest absolute Gasteiger partial charge is 0.273 e. The van der Waals surface area contributed by atoms with Gasteiger partial charge in [-0.25, -0.2) is 9.88 Å². The number of nitrogens with one attached hydrogen (secondary N) is 1. The van der Waals surface area contributed by atoms with Crippen molar-refractivity contribution in [2.24, 2.45) is 0 Å². The second-order valence-electron chi connectivity index (χ2n) is 5.39. The summed E-state index contributed by atoms with van der Waals surface area (Å²) < 4.78 is 11.0. The molecule has 1 amide bonds. The zero-order valence-corrected chi connectivity index (χ0v) is 16.1. The minimum absolute atomic E-state index is 0.130. The Morgan fingerprint density at radius 1 is 1.41 bits per heavy atom. The predicted molar refractivity (Wildman–Crippen MR) is 106 cm³/mol. The summed E-state index contributed by atoms with van der Waals surface area (Å²) in [7, 11) is 1.55. The number of nitrogens with zero attached hydrogens (tertiary/aromatic N) is 3. The van der Waals surface area contributed by atoms with Gasteiger partial charge in [0.05, 0.1) is 24.7 Å². The molecule has 0 aliphatic carbocycles. The van der Waals surface area contributed by atoms with E-state index in [0.29, 0.717) is 41.0 Å². The van der Waals surface area contributed by atoms with Crippen molar-refractivity contribution in [1.82, 2.24) is 4.98 Å². The molecule has 0 unspecified atom stereocenters. The lowest BCUT2D eigenvalue weighted by Crippen LogP contribution is -2.27. The summed E-state index contributed by atoms with van der Waals surface area (Å²) in [6.07, 6.45) is 4.41. The molecule has 1 aliphatic rings. The van der Waals surface area contributed by atoms with Crippen molar-refractivity contribution in [3.05, 3.63) is 40.2 Å². The third-order valence-electron chi connectivity index (χ3n) is 3.61. The first-order chi connectivity index (χ1) is 13.1. The number of thiazole rings is 1. The molecular formula is C18H16N4O3S2. The minimum Gasteiger partial charge on any atom is -0.493 e. The Kier molecular flexibility index (Phi) is 6.11. The Hall–Kier alpha value is -2.83. The summed E-state index contributed by atoms with van der Waals surface area (Å²) in [4.78, 5) is 18.5. The van der Waals surface area contributed by atoms with Gasteiger partial charge in [-0.1, -0.05) is 6.07 Å². The summed E-state index contributed by atoms with van der Waals surface area (Å²) in [6.45, 7) is 0.429. The summed E-state index contributed by atoms with van der Waals surface area (Å²) in [5.41, 5.74) is 0.765. The molecule has 1 aliphatic heterocycles. The number of unbranched alkanes of at least 4 members (excludes halogenated alkanes) is 1. The topological polar surface area (TPSA) is 99.3 Å². The standard InChI is InChI=1S/C18H16N4O3S2/c1-24-14-10-12(4-5-13(14)25-8-3-2-6-19)11-15-16(23)22(17(20)27-15)18-21-7-9-26-18/h4-5,7,9-11,20H,2-3,8H2,1H3/b15-11-,20-17?. The minimum atomic E-state index is -0.268. The maximum absolute atomic E-state index is 12.6. The average Bonchev–Trinajstić information content (AvgIpc) is 3.28. The number of amidine groups is 1. The zero-order valence-electron chi connectivity index (χ0n) is 14.5. The molecule has 9 heteroatoms. The van der Waals surface area contributed by atoms with Crippen LogP contribution in [0.2, 0.25) is 0 Å². The summed E-state index contributed by atoms with van der Waals surface area (Å²) >= 11 is 2.41. The van der Waals surface area contributed by atoms with E-state index in [1.54, 1.807) is 36.9 Å². The molecule has 1 N–H and O–H groups in total. The number of amides is 1. The van der Waals surface area contributed by atoms with Gasteiger partial charge < -0.3 is 9.47 Å². The van der Waals surface area contributed by atoms with E-state index >= 15 is 0 Å². The van der Waals surface area contributed by atoms with Crippen LogP contribution in [0, 0.1) is 16.7 Å². The Balaban J connectivity index is 1.78. The highest BCUT2D eigenvalue weighted by molar-refractivity contribution is 8.19. The molecule has 1 saturated heterocycles. The lowest BCUT2D eigenvalue weighted by molar-refractivity contribution is -0.113. The van der Waals surface area contributed by atoms with Crippen LogP contribution in [-0.4, -0.2) is 29.8 Å². The number of nitriles is 1. The molecule has 2 heterocycles. The Morgan fingerprint density at radius 2 is 2.26 bits per heavy atom. The van der Waals surface area contributed by atoms with E-state index in [1.807, 2.05) is 6.07 Å². The number of rotatable bonds is 7. The van der Waals surface area contributed by atoms with Crippen LogP contribution in [0.1, 0.15) is 18.4 Å². The Bertz CT molecular complexity index is 919. The second kappa shape index (κ2) is 8.70. The fourth-order valence-electron chi connectivity index (χ4n) is 2.37. The van der Waals surface area contributed by atoms with E-state index in [0.717, 1.165) is 17.3 Å². The van der Waals surface area contributed by atoms with Gasteiger partial charge in [0.25, 0.3) is 5.91 Å². The van der Waals surface area contributed by atoms with Crippen LogP contribution in [0.3, 0.4) is 0 Å². The van der Waals surface area contributed by atoms with Gasteiger partial charge in [0.2, 0.25) is 0 Å². The van der Waals surface area contributed by atoms with Crippen LogP contribution in [0.4, 0.5) is 5.13 Å². The van der Waals surface area contributed by atoms with Crippen LogP contribution >= 0.6 is 23.1 Å². The lowest BCUT2D eigenvalue weighted by atomic mass is 10.2. The molecule has 0 atom stereocenters. The van der Waals surface area contributed by atoms with Gasteiger partial charge in [-0.05, 0) is 42.0 Å². The molecule has 1 aromatic carbocycles. The van der Waals surface area contributed by atoms with E-state index in [1.165, 1.54) is 16.2 Å². The maximum Gasteiger partial charge on any atom is 0.273 e. The summed E-state index contributed by atoms with van der Waals surface area (Å²) in [5, 5.41) is 19.0. The molecule has 138 valence electrons. The number of anilines is 1. The first-order valence-corrected chi connectivity index (χ1v) is 9.73.